The van der Waals surface area contributed by atoms with E-state index in [1.54, 1.807) is 24.3 Å². The van der Waals surface area contributed by atoms with E-state index in [9.17, 15) is 14.4 Å². The van der Waals surface area contributed by atoms with Gasteiger partial charge < -0.3 is 25.5 Å². The molecule has 0 aliphatic carbocycles. The van der Waals surface area contributed by atoms with Crippen molar-refractivity contribution < 1.29 is 39.9 Å². The highest BCUT2D eigenvalue weighted by molar-refractivity contribution is 7.81. The second kappa shape index (κ2) is 19.3. The van der Waals surface area contributed by atoms with E-state index in [2.05, 4.69) is 25.3 Å². The highest BCUT2D eigenvalue weighted by Crippen LogP contribution is 2.01. The summed E-state index contributed by atoms with van der Waals surface area (Å²) in [4.78, 5) is 28.9. The van der Waals surface area contributed by atoms with Crippen molar-refractivity contribution in [1.29, 1.82) is 0 Å². The number of aliphatic carboxylic acids is 2. The average molecular weight is 382 g/mol. The van der Waals surface area contributed by atoms with Crippen molar-refractivity contribution in [2.24, 2.45) is 0 Å². The number of aliphatic hydroxyl groups excluding tert-OH is 2. The number of benzene rings is 1. The number of aliphatic hydroxyl groups is 2. The summed E-state index contributed by atoms with van der Waals surface area (Å²) < 4.78 is 0. The number of carbonyl (C=O) groups is 3. The monoisotopic (exact) mass is 382 g/mol. The molecule has 1 aromatic carbocycles. The minimum Gasteiger partial charge on any atom is -0.481 e. The number of rotatable bonds is 4. The third-order valence-corrected chi connectivity index (χ3v) is 2.21. The minimum absolute atomic E-state index is 0.0833. The second-order valence-corrected chi connectivity index (χ2v) is 4.35. The molecule has 0 bridgehead atoms. The molecule has 0 saturated carbocycles. The van der Waals surface area contributed by atoms with E-state index in [-0.39, 0.29) is 24.7 Å². The van der Waals surface area contributed by atoms with Gasteiger partial charge in [-0.1, -0.05) is 17.7 Å². The van der Waals surface area contributed by atoms with Crippen molar-refractivity contribution in [3.63, 3.8) is 0 Å². The van der Waals surface area contributed by atoms with Crippen LogP contribution in [-0.2, 0) is 9.59 Å². The molecule has 0 aromatic heterocycles. The van der Waals surface area contributed by atoms with Crippen LogP contribution in [0, 0.1) is 6.92 Å². The van der Waals surface area contributed by atoms with Crippen molar-refractivity contribution in [2.75, 3.05) is 24.7 Å². The zero-order valence-electron chi connectivity index (χ0n) is 13.0. The molecule has 5 N–H and O–H groups in total. The molecule has 0 aliphatic heterocycles. The molecule has 0 radical (unpaired) electrons. The number of hydrogen-bond acceptors (Lipinski definition) is 7. The Kier molecular flexibility index (Phi) is 21.8. The largest absolute Gasteiger partial charge is 0.481 e. The Labute approximate surface area is 150 Å². The van der Waals surface area contributed by atoms with Gasteiger partial charge in [-0.05, 0) is 19.1 Å². The van der Waals surface area contributed by atoms with E-state index in [0.717, 1.165) is 5.56 Å². The summed E-state index contributed by atoms with van der Waals surface area (Å²) in [6, 6.07) is 6.75. The Morgan fingerprint density at radius 2 is 1.12 bits per heavy atom. The Morgan fingerprint density at radius 3 is 1.29 bits per heavy atom. The highest BCUT2D eigenvalue weighted by Gasteiger charge is 1.98. The predicted molar refractivity (Wildman–Crippen MR) is 95.3 cm³/mol. The lowest BCUT2D eigenvalue weighted by Crippen LogP contribution is -1.94. The maximum Gasteiger partial charge on any atom is 0.335 e. The maximum absolute atomic E-state index is 10.3. The van der Waals surface area contributed by atoms with Crippen LogP contribution in [0.15, 0.2) is 24.3 Å². The standard InChI is InChI=1S/C8H8O2.2C2H4O2S.C2H6O2/c1-6-2-4-7(5-3-6)8(9)10;2*3-2(4)1-5;3-1-2-4/h2-5H,1H3,(H,9,10);2*5H,1H2,(H,3,4);3-4H,1-2H2. The van der Waals surface area contributed by atoms with Crippen LogP contribution < -0.4 is 0 Å². The Balaban J connectivity index is -0.000000270. The molecule has 0 heterocycles. The Morgan fingerprint density at radius 1 is 0.833 bits per heavy atom. The fourth-order valence-corrected chi connectivity index (χ4v) is 0.696. The molecule has 0 spiro atoms. The van der Waals surface area contributed by atoms with Crippen LogP contribution in [-0.4, -0.2) is 68.2 Å². The third-order valence-electron chi connectivity index (χ3n) is 1.67. The molecular weight excluding hydrogens is 360 g/mol. The molecule has 0 saturated heterocycles. The summed E-state index contributed by atoms with van der Waals surface area (Å²) in [5.41, 5.74) is 1.41. The van der Waals surface area contributed by atoms with Crippen molar-refractivity contribution in [1.82, 2.24) is 0 Å². The zero-order valence-corrected chi connectivity index (χ0v) is 14.8. The lowest BCUT2D eigenvalue weighted by Gasteiger charge is -1.92. The first kappa shape index (κ1) is 27.1. The number of carboxylic acid groups (broad SMARTS) is 3. The first-order valence-corrected chi connectivity index (χ1v) is 7.59. The van der Waals surface area contributed by atoms with Crippen LogP contribution in [0.25, 0.3) is 0 Å². The van der Waals surface area contributed by atoms with E-state index in [1.807, 2.05) is 6.92 Å². The number of thiol groups is 2. The summed E-state index contributed by atoms with van der Waals surface area (Å²) >= 11 is 6.83. The van der Waals surface area contributed by atoms with Gasteiger partial charge in [-0.3, -0.25) is 9.59 Å². The first-order chi connectivity index (χ1) is 11.2. The van der Waals surface area contributed by atoms with Gasteiger partial charge in [0.1, 0.15) is 0 Å². The summed E-state index contributed by atoms with van der Waals surface area (Å²) in [7, 11) is 0. The first-order valence-electron chi connectivity index (χ1n) is 6.33. The van der Waals surface area contributed by atoms with Gasteiger partial charge in [0, 0.05) is 0 Å². The van der Waals surface area contributed by atoms with Crippen LogP contribution in [0.4, 0.5) is 0 Å². The number of aryl methyl sites for hydroxylation is 1. The maximum atomic E-state index is 10.3. The van der Waals surface area contributed by atoms with Crippen LogP contribution in [0.1, 0.15) is 15.9 Å². The predicted octanol–water partition coefficient (Wildman–Crippen LogP) is 0.666. The SMILES string of the molecule is Cc1ccc(C(=O)O)cc1.O=C(O)CS.O=C(O)CS.OCCO. The van der Waals surface area contributed by atoms with Gasteiger partial charge in [0.25, 0.3) is 0 Å². The fraction of sp³-hybridized carbons (Fsp3) is 0.357. The van der Waals surface area contributed by atoms with Gasteiger partial charge in [-0.25, -0.2) is 4.79 Å². The fourth-order valence-electron chi connectivity index (χ4n) is 0.696. The molecule has 1 rings (SSSR count). The van der Waals surface area contributed by atoms with E-state index in [1.165, 1.54) is 0 Å². The van der Waals surface area contributed by atoms with Crippen molar-refractivity contribution in [3.05, 3.63) is 35.4 Å². The summed E-state index contributed by atoms with van der Waals surface area (Å²) in [6.45, 7) is 1.67. The lowest BCUT2D eigenvalue weighted by atomic mass is 10.2. The van der Waals surface area contributed by atoms with Gasteiger partial charge in [0.2, 0.25) is 0 Å². The molecule has 8 nitrogen and oxygen atoms in total. The molecule has 0 aliphatic rings. The molecule has 138 valence electrons. The van der Waals surface area contributed by atoms with Crippen molar-refractivity contribution in [2.45, 2.75) is 6.92 Å². The Hall–Kier alpha value is -1.75. The average Bonchev–Trinajstić information content (AvgIpc) is 2.56. The number of carboxylic acids is 3. The molecule has 0 fully saturated rings. The molecule has 0 atom stereocenters. The summed E-state index contributed by atoms with van der Waals surface area (Å²) in [6.07, 6.45) is 0. The molecular formula is C14H22O8S2. The lowest BCUT2D eigenvalue weighted by molar-refractivity contribution is -0.134. The zero-order chi connectivity index (χ0) is 19.5. The highest BCUT2D eigenvalue weighted by atomic mass is 32.1. The van der Waals surface area contributed by atoms with E-state index < -0.39 is 17.9 Å². The molecule has 0 amide bonds. The molecule has 10 heteroatoms. The summed E-state index contributed by atoms with van der Waals surface area (Å²) in [5, 5.41) is 39.0. The minimum atomic E-state index is -0.881. The number of aromatic carboxylic acids is 1. The van der Waals surface area contributed by atoms with Crippen molar-refractivity contribution >= 4 is 43.2 Å². The van der Waals surface area contributed by atoms with Crippen LogP contribution in [0.3, 0.4) is 0 Å². The van der Waals surface area contributed by atoms with Crippen LogP contribution in [0.2, 0.25) is 0 Å². The van der Waals surface area contributed by atoms with Gasteiger partial charge in [0.05, 0.1) is 30.3 Å². The normalized spacial score (nSPS) is 8.21. The summed E-state index contributed by atoms with van der Waals surface area (Å²) in [5.74, 6) is -2.80. The molecule has 0 unspecified atom stereocenters. The second-order valence-electron chi connectivity index (χ2n) is 3.72. The third kappa shape index (κ3) is 25.2. The number of hydrogen-bond donors (Lipinski definition) is 7. The van der Waals surface area contributed by atoms with Gasteiger partial charge in [-0.2, -0.15) is 25.3 Å². The van der Waals surface area contributed by atoms with E-state index in [0.29, 0.717) is 5.56 Å². The van der Waals surface area contributed by atoms with Crippen LogP contribution in [0.5, 0.6) is 0 Å². The smallest absolute Gasteiger partial charge is 0.335 e. The molecule has 24 heavy (non-hydrogen) atoms. The van der Waals surface area contributed by atoms with E-state index in [4.69, 9.17) is 25.5 Å². The Bertz CT molecular complexity index is 446. The quantitative estimate of drug-likeness (QED) is 0.375. The molecule has 1 aromatic rings. The van der Waals surface area contributed by atoms with Crippen molar-refractivity contribution in [3.8, 4) is 0 Å². The van der Waals surface area contributed by atoms with E-state index >= 15 is 0 Å². The van der Waals surface area contributed by atoms with Gasteiger partial charge in [0.15, 0.2) is 0 Å². The van der Waals surface area contributed by atoms with Crippen LogP contribution >= 0.6 is 25.3 Å². The van der Waals surface area contributed by atoms with Gasteiger partial charge in [-0.15, -0.1) is 0 Å². The topological polar surface area (TPSA) is 152 Å². The van der Waals surface area contributed by atoms with Gasteiger partial charge >= 0.3 is 17.9 Å².